The van der Waals surface area contributed by atoms with E-state index in [9.17, 15) is 0 Å². The Kier molecular flexibility index (Phi) is 3.51. The molecule has 0 unspecified atom stereocenters. The topological polar surface area (TPSA) is 37.8 Å². The molecule has 0 fully saturated rings. The maximum Gasteiger partial charge on any atom is 0.125 e. The lowest BCUT2D eigenvalue weighted by Crippen LogP contribution is -2.03. The second kappa shape index (κ2) is 5.07. The molecule has 2 aromatic rings. The Morgan fingerprint density at radius 2 is 2.06 bits per heavy atom. The number of hydrogen-bond acceptors (Lipinski definition) is 3. The van der Waals surface area contributed by atoms with Crippen molar-refractivity contribution in [1.29, 1.82) is 0 Å². The number of hydrogen-bond donors (Lipinski definition) is 1. The van der Waals surface area contributed by atoms with Crippen LogP contribution in [0, 0.1) is 6.92 Å². The highest BCUT2D eigenvalue weighted by molar-refractivity contribution is 9.10. The highest BCUT2D eigenvalue weighted by atomic mass is 79.9. The molecule has 1 aromatic heterocycles. The van der Waals surface area contributed by atoms with Gasteiger partial charge in [-0.2, -0.15) is 0 Å². The maximum absolute atomic E-state index is 4.33. The van der Waals surface area contributed by atoms with Gasteiger partial charge in [-0.15, -0.1) is 0 Å². The molecule has 0 spiro atoms. The van der Waals surface area contributed by atoms with E-state index in [0.717, 1.165) is 21.7 Å². The molecule has 1 N–H and O–H groups in total. The fourth-order valence-electron chi connectivity index (χ4n) is 1.39. The minimum Gasteiger partial charge on any atom is -0.378 e. The van der Waals surface area contributed by atoms with Crippen LogP contribution in [0.3, 0.4) is 0 Å². The predicted molar refractivity (Wildman–Crippen MR) is 68.2 cm³/mol. The highest BCUT2D eigenvalue weighted by Gasteiger charge is 1.99. The Balaban J connectivity index is 2.05. The van der Waals surface area contributed by atoms with Crippen LogP contribution in [-0.4, -0.2) is 9.97 Å². The second-order valence-electron chi connectivity index (χ2n) is 3.43. The number of para-hydroxylation sites is 1. The highest BCUT2D eigenvalue weighted by Crippen LogP contribution is 2.21. The molecule has 0 aliphatic carbocycles. The maximum atomic E-state index is 4.33. The van der Waals surface area contributed by atoms with Gasteiger partial charge in [0.1, 0.15) is 5.82 Å². The van der Waals surface area contributed by atoms with Gasteiger partial charge in [-0.25, -0.2) is 9.97 Å². The number of nitrogens with one attached hydrogen (secondary N) is 1. The summed E-state index contributed by atoms with van der Waals surface area (Å²) >= 11 is 3.49. The van der Waals surface area contributed by atoms with E-state index < -0.39 is 0 Å². The Bertz CT molecular complexity index is 485. The largest absolute Gasteiger partial charge is 0.378 e. The molecule has 82 valence electrons. The number of benzene rings is 1. The third-order valence-corrected chi connectivity index (χ3v) is 2.86. The first kappa shape index (κ1) is 11.1. The van der Waals surface area contributed by atoms with Crippen molar-refractivity contribution < 1.29 is 0 Å². The summed E-state index contributed by atoms with van der Waals surface area (Å²) in [5.74, 6) is 0.798. The molecule has 0 aliphatic rings. The fraction of sp³-hybridized carbons (Fsp3) is 0.167. The molecule has 2 rings (SSSR count). The molecule has 16 heavy (non-hydrogen) atoms. The molecule has 0 radical (unpaired) electrons. The zero-order valence-electron chi connectivity index (χ0n) is 8.94. The van der Waals surface area contributed by atoms with Gasteiger partial charge in [0.05, 0.1) is 12.2 Å². The van der Waals surface area contributed by atoms with Crippen molar-refractivity contribution >= 4 is 21.6 Å². The van der Waals surface area contributed by atoms with E-state index in [1.807, 2.05) is 37.3 Å². The molecular weight excluding hydrogens is 266 g/mol. The number of anilines is 1. The minimum atomic E-state index is 0.700. The van der Waals surface area contributed by atoms with Crippen molar-refractivity contribution in [3.05, 3.63) is 52.5 Å². The molecule has 0 bridgehead atoms. The zero-order chi connectivity index (χ0) is 11.4. The van der Waals surface area contributed by atoms with Crippen molar-refractivity contribution in [1.82, 2.24) is 9.97 Å². The van der Waals surface area contributed by atoms with Gasteiger partial charge in [-0.3, -0.25) is 0 Å². The Labute approximate surface area is 103 Å². The quantitative estimate of drug-likeness (QED) is 0.937. The van der Waals surface area contributed by atoms with Crippen molar-refractivity contribution in [2.75, 3.05) is 5.32 Å². The van der Waals surface area contributed by atoms with Crippen LogP contribution in [0.2, 0.25) is 0 Å². The van der Waals surface area contributed by atoms with Crippen molar-refractivity contribution in [2.45, 2.75) is 13.5 Å². The normalized spacial score (nSPS) is 10.1. The van der Waals surface area contributed by atoms with Crippen LogP contribution in [0.1, 0.15) is 11.5 Å². The monoisotopic (exact) mass is 277 g/mol. The summed E-state index contributed by atoms with van der Waals surface area (Å²) in [7, 11) is 0. The third kappa shape index (κ3) is 2.79. The fourth-order valence-corrected chi connectivity index (χ4v) is 1.82. The molecule has 4 heteroatoms. The van der Waals surface area contributed by atoms with Crippen molar-refractivity contribution in [3.8, 4) is 0 Å². The lowest BCUT2D eigenvalue weighted by molar-refractivity contribution is 0.955. The molecule has 0 atom stereocenters. The lowest BCUT2D eigenvalue weighted by Gasteiger charge is -2.07. The minimum absolute atomic E-state index is 0.700. The SMILES string of the molecule is Cc1nccc(CNc2ccccc2Br)n1. The first-order valence-electron chi connectivity index (χ1n) is 5.02. The van der Waals surface area contributed by atoms with E-state index >= 15 is 0 Å². The summed E-state index contributed by atoms with van der Waals surface area (Å²) in [6, 6.07) is 9.94. The van der Waals surface area contributed by atoms with E-state index in [1.54, 1.807) is 6.20 Å². The van der Waals surface area contributed by atoms with Gasteiger partial charge in [0.25, 0.3) is 0 Å². The first-order valence-corrected chi connectivity index (χ1v) is 5.82. The van der Waals surface area contributed by atoms with Crippen LogP contribution in [0.5, 0.6) is 0 Å². The molecule has 1 heterocycles. The smallest absolute Gasteiger partial charge is 0.125 e. The van der Waals surface area contributed by atoms with Gasteiger partial charge in [0.15, 0.2) is 0 Å². The van der Waals surface area contributed by atoms with Crippen LogP contribution < -0.4 is 5.32 Å². The first-order chi connectivity index (χ1) is 7.75. The molecule has 1 aromatic carbocycles. The van der Waals surface area contributed by atoms with Crippen LogP contribution in [0.25, 0.3) is 0 Å². The zero-order valence-corrected chi connectivity index (χ0v) is 10.5. The second-order valence-corrected chi connectivity index (χ2v) is 4.28. The third-order valence-electron chi connectivity index (χ3n) is 2.17. The molecule has 0 saturated heterocycles. The molecule has 0 saturated carbocycles. The summed E-state index contributed by atoms with van der Waals surface area (Å²) < 4.78 is 1.06. The number of aromatic nitrogens is 2. The van der Waals surface area contributed by atoms with E-state index in [4.69, 9.17) is 0 Å². The number of halogens is 1. The van der Waals surface area contributed by atoms with E-state index in [-0.39, 0.29) is 0 Å². The Morgan fingerprint density at radius 1 is 1.25 bits per heavy atom. The Hall–Kier alpha value is -1.42. The Morgan fingerprint density at radius 3 is 2.81 bits per heavy atom. The summed E-state index contributed by atoms with van der Waals surface area (Å²) in [5.41, 5.74) is 2.06. The summed E-state index contributed by atoms with van der Waals surface area (Å²) in [4.78, 5) is 8.39. The average molecular weight is 278 g/mol. The lowest BCUT2D eigenvalue weighted by atomic mass is 10.3. The molecule has 0 aliphatic heterocycles. The van der Waals surface area contributed by atoms with Crippen molar-refractivity contribution in [3.63, 3.8) is 0 Å². The number of nitrogens with zero attached hydrogens (tertiary/aromatic N) is 2. The molecular formula is C12H12BrN3. The van der Waals surface area contributed by atoms with Gasteiger partial charge in [-0.05, 0) is 41.1 Å². The van der Waals surface area contributed by atoms with Crippen LogP contribution in [-0.2, 0) is 6.54 Å². The van der Waals surface area contributed by atoms with Crippen molar-refractivity contribution in [2.24, 2.45) is 0 Å². The van der Waals surface area contributed by atoms with Gasteiger partial charge < -0.3 is 5.32 Å². The van der Waals surface area contributed by atoms with Gasteiger partial charge in [0.2, 0.25) is 0 Å². The van der Waals surface area contributed by atoms with E-state index in [2.05, 4.69) is 31.2 Å². The van der Waals surface area contributed by atoms with Gasteiger partial charge >= 0.3 is 0 Å². The van der Waals surface area contributed by atoms with Gasteiger partial charge in [0, 0.05) is 16.4 Å². The number of aryl methyl sites for hydroxylation is 1. The summed E-state index contributed by atoms with van der Waals surface area (Å²) in [6.07, 6.45) is 1.78. The van der Waals surface area contributed by atoms with E-state index in [0.29, 0.717) is 6.54 Å². The summed E-state index contributed by atoms with van der Waals surface area (Å²) in [6.45, 7) is 2.59. The predicted octanol–water partition coefficient (Wildman–Crippen LogP) is 3.16. The van der Waals surface area contributed by atoms with E-state index in [1.165, 1.54) is 0 Å². The van der Waals surface area contributed by atoms with Crippen LogP contribution in [0.15, 0.2) is 41.0 Å². The van der Waals surface area contributed by atoms with Gasteiger partial charge in [-0.1, -0.05) is 12.1 Å². The number of rotatable bonds is 3. The molecule has 3 nitrogen and oxygen atoms in total. The molecule has 0 amide bonds. The van der Waals surface area contributed by atoms with Crippen LogP contribution in [0.4, 0.5) is 5.69 Å². The van der Waals surface area contributed by atoms with Crippen LogP contribution >= 0.6 is 15.9 Å². The average Bonchev–Trinajstić information content (AvgIpc) is 2.28. The summed E-state index contributed by atoms with van der Waals surface area (Å²) in [5, 5.41) is 3.32. The standard InChI is InChI=1S/C12H12BrN3/c1-9-14-7-6-10(16-9)8-15-12-5-3-2-4-11(12)13/h2-7,15H,8H2,1H3.